The lowest BCUT2D eigenvalue weighted by Gasteiger charge is -2.41. The predicted octanol–water partition coefficient (Wildman–Crippen LogP) is 3.56. The van der Waals surface area contributed by atoms with Gasteiger partial charge in [-0.25, -0.2) is 14.8 Å². The number of anilines is 1. The molecule has 2 aliphatic rings. The molecule has 0 saturated carbocycles. The van der Waals surface area contributed by atoms with Gasteiger partial charge in [-0.3, -0.25) is 4.79 Å². The average Bonchev–Trinajstić information content (AvgIpc) is 3.53. The number of nitrogens with zero attached hydrogens (tertiary/aromatic N) is 3. The molecule has 2 fully saturated rings. The monoisotopic (exact) mass is 560 g/mol. The minimum atomic E-state index is -0.335. The van der Waals surface area contributed by atoms with Crippen molar-refractivity contribution >= 4 is 50.2 Å². The highest BCUT2D eigenvalue weighted by Gasteiger charge is 2.34. The van der Waals surface area contributed by atoms with Gasteiger partial charge in [0.15, 0.2) is 16.1 Å². The van der Waals surface area contributed by atoms with Gasteiger partial charge in [-0.1, -0.05) is 35.9 Å². The highest BCUT2D eigenvalue weighted by Crippen LogP contribution is 2.33. The zero-order chi connectivity index (χ0) is 26.6. The van der Waals surface area contributed by atoms with Crippen LogP contribution in [0.3, 0.4) is 0 Å². The number of fused-ring (bicyclic) bond motifs is 1. The molecular weight excluding hydrogens is 528 g/mol. The topological polar surface area (TPSA) is 121 Å². The molecule has 0 bridgehead atoms. The Hall–Kier alpha value is -2.73. The van der Waals surface area contributed by atoms with Crippen LogP contribution in [-0.2, 0) is 15.9 Å². The molecule has 0 aliphatic carbocycles. The lowest BCUT2D eigenvalue weighted by Crippen LogP contribution is -2.62. The third-order valence-corrected chi connectivity index (χ3v) is 8.54. The van der Waals surface area contributed by atoms with Crippen LogP contribution in [-0.4, -0.2) is 77.9 Å². The van der Waals surface area contributed by atoms with Crippen molar-refractivity contribution in [2.24, 2.45) is 0 Å². The highest BCUT2D eigenvalue weighted by atomic mass is 35.5. The summed E-state index contributed by atoms with van der Waals surface area (Å²) in [5, 5.41) is 8.16. The van der Waals surface area contributed by atoms with E-state index in [-0.39, 0.29) is 29.8 Å². The van der Waals surface area contributed by atoms with Crippen molar-refractivity contribution in [2.75, 3.05) is 37.8 Å². The number of thiazole rings is 1. The summed E-state index contributed by atoms with van der Waals surface area (Å²) in [4.78, 5) is 39.9. The fourth-order valence-corrected chi connectivity index (χ4v) is 6.41. The number of carbonyl (C=O) groups excluding carboxylic acids is 2. The number of carbonyl (C=O) groups is 2. The van der Waals surface area contributed by atoms with E-state index in [1.54, 1.807) is 13.0 Å². The fourth-order valence-electron chi connectivity index (χ4n) is 5.04. The molecule has 2 aromatic heterocycles. The summed E-state index contributed by atoms with van der Waals surface area (Å²) in [6.45, 7) is 6.91. The van der Waals surface area contributed by atoms with Crippen LogP contribution < -0.4 is 15.5 Å². The number of rotatable bonds is 8. The van der Waals surface area contributed by atoms with E-state index in [0.717, 1.165) is 53.5 Å². The maximum atomic E-state index is 13.1. The first kappa shape index (κ1) is 26.9. The Labute approximate surface area is 230 Å². The Morgan fingerprint density at radius 2 is 2.03 bits per heavy atom. The minimum absolute atomic E-state index is 0.0107. The Balaban J connectivity index is 1.35. The third-order valence-electron chi connectivity index (χ3n) is 7.07. The largest absolute Gasteiger partial charge is 0.462 e. The minimum Gasteiger partial charge on any atom is -0.462 e. The van der Waals surface area contributed by atoms with E-state index < -0.39 is 0 Å². The number of esters is 1. The van der Waals surface area contributed by atoms with Crippen molar-refractivity contribution < 1.29 is 19.1 Å². The lowest BCUT2D eigenvalue weighted by atomic mass is 9.97. The van der Waals surface area contributed by atoms with Crippen molar-refractivity contribution in [2.45, 2.75) is 57.7 Å². The van der Waals surface area contributed by atoms with E-state index >= 15 is 0 Å². The number of aromatic amines is 1. The average molecular weight is 561 g/mol. The smallest absolute Gasteiger partial charge is 0.339 e. The Bertz CT molecular complexity index is 1290. The lowest BCUT2D eigenvalue weighted by molar-refractivity contribution is 0.0528. The maximum Gasteiger partial charge on any atom is 0.339 e. The molecule has 38 heavy (non-hydrogen) atoms. The number of ether oxygens (including phenoxy) is 2. The number of benzene rings is 1. The maximum absolute atomic E-state index is 13.1. The molecule has 0 radical (unpaired) electrons. The zero-order valence-electron chi connectivity index (χ0n) is 21.6. The quantitative estimate of drug-likeness (QED) is 0.358. The van der Waals surface area contributed by atoms with Crippen LogP contribution in [0.15, 0.2) is 18.2 Å². The number of aryl methyl sites for hydroxylation is 1. The molecule has 2 saturated heterocycles. The van der Waals surface area contributed by atoms with E-state index in [9.17, 15) is 9.59 Å². The number of piperidine rings is 1. The molecule has 1 amide bonds. The number of imidazole rings is 1. The van der Waals surface area contributed by atoms with Crippen LogP contribution in [0.4, 0.5) is 5.13 Å². The van der Waals surface area contributed by atoms with Gasteiger partial charge >= 0.3 is 5.97 Å². The normalized spacial score (nSPS) is 20.6. The second-order valence-corrected chi connectivity index (χ2v) is 10.9. The predicted molar refractivity (Wildman–Crippen MR) is 147 cm³/mol. The number of H-pyrrole nitrogens is 1. The van der Waals surface area contributed by atoms with Crippen molar-refractivity contribution in [3.8, 4) is 0 Å². The summed E-state index contributed by atoms with van der Waals surface area (Å²) in [6, 6.07) is 5.74. The van der Waals surface area contributed by atoms with Crippen molar-refractivity contribution in [3.63, 3.8) is 0 Å². The number of hydrogen-bond donors (Lipinski definition) is 3. The van der Waals surface area contributed by atoms with Crippen LogP contribution in [0.25, 0.3) is 10.2 Å². The summed E-state index contributed by atoms with van der Waals surface area (Å²) >= 11 is 7.67. The van der Waals surface area contributed by atoms with E-state index in [1.807, 2.05) is 19.1 Å². The van der Waals surface area contributed by atoms with Crippen LogP contribution in [0.2, 0.25) is 5.15 Å². The highest BCUT2D eigenvalue weighted by molar-refractivity contribution is 7.22. The SMILES string of the molecule is CCOC(=O)c1cccc2nc(N3CC[C@H](NC(=O)c4nc(Cl)c(CC)[nH]4)[C@H](NC4CCOCC4)C3)sc12. The van der Waals surface area contributed by atoms with Gasteiger partial charge in [0.1, 0.15) is 0 Å². The van der Waals surface area contributed by atoms with Crippen molar-refractivity contribution in [1.82, 2.24) is 25.6 Å². The first-order valence-corrected chi connectivity index (χ1v) is 14.4. The second-order valence-electron chi connectivity index (χ2n) is 9.55. The first-order chi connectivity index (χ1) is 18.5. The second kappa shape index (κ2) is 12.0. The van der Waals surface area contributed by atoms with Gasteiger partial charge in [0.05, 0.1) is 28.1 Å². The molecular formula is C26H33ClN6O4S. The van der Waals surface area contributed by atoms with Gasteiger partial charge in [-0.05, 0) is 44.7 Å². The van der Waals surface area contributed by atoms with Gasteiger partial charge in [-0.15, -0.1) is 0 Å². The molecule has 204 valence electrons. The van der Waals surface area contributed by atoms with Crippen LogP contribution in [0, 0.1) is 0 Å². The fraction of sp³-hybridized carbons (Fsp3) is 0.538. The Morgan fingerprint density at radius 1 is 1.21 bits per heavy atom. The molecule has 1 aromatic carbocycles. The van der Waals surface area contributed by atoms with Gasteiger partial charge in [0.25, 0.3) is 5.91 Å². The standard InChI is InChI=1S/C26H33ClN6O4S/c1-3-17-22(27)32-23(29-17)24(34)30-18-8-11-33(14-20(18)28-15-9-12-36-13-10-15)26-31-19-7-5-6-16(21(19)38-26)25(35)37-4-2/h5-7,15,18,20,28H,3-4,8-14H2,1-2H3,(H,29,32)(H,30,34)/t18-,20+/m0/s1. The Morgan fingerprint density at radius 3 is 2.76 bits per heavy atom. The van der Waals surface area contributed by atoms with Gasteiger partial charge in [0, 0.05) is 44.4 Å². The molecule has 3 aromatic rings. The third kappa shape index (κ3) is 5.80. The van der Waals surface area contributed by atoms with Crippen LogP contribution >= 0.6 is 22.9 Å². The van der Waals surface area contributed by atoms with E-state index in [1.165, 1.54) is 11.3 Å². The summed E-state index contributed by atoms with van der Waals surface area (Å²) in [5.41, 5.74) is 2.07. The molecule has 10 nitrogen and oxygen atoms in total. The molecule has 3 N–H and O–H groups in total. The number of amides is 1. The van der Waals surface area contributed by atoms with Crippen LogP contribution in [0.1, 0.15) is 59.8 Å². The van der Waals surface area contributed by atoms with Crippen molar-refractivity contribution in [1.29, 1.82) is 0 Å². The summed E-state index contributed by atoms with van der Waals surface area (Å²) in [5.74, 6) is -0.363. The molecule has 2 aliphatic heterocycles. The molecule has 12 heteroatoms. The molecule has 0 spiro atoms. The number of halogens is 1. The van der Waals surface area contributed by atoms with Gasteiger partial charge in [-0.2, -0.15) is 0 Å². The molecule has 4 heterocycles. The zero-order valence-corrected chi connectivity index (χ0v) is 23.2. The number of hydrogen-bond acceptors (Lipinski definition) is 9. The van der Waals surface area contributed by atoms with E-state index in [4.69, 9.17) is 26.1 Å². The number of nitrogens with one attached hydrogen (secondary N) is 3. The molecule has 0 unspecified atom stereocenters. The van der Waals surface area contributed by atoms with E-state index in [0.29, 0.717) is 42.9 Å². The summed E-state index contributed by atoms with van der Waals surface area (Å²) < 4.78 is 11.6. The number of aromatic nitrogens is 3. The first-order valence-electron chi connectivity index (χ1n) is 13.2. The van der Waals surface area contributed by atoms with E-state index in [2.05, 4.69) is 25.5 Å². The Kier molecular flexibility index (Phi) is 8.47. The summed E-state index contributed by atoms with van der Waals surface area (Å²) in [6.07, 6.45) is 3.25. The molecule has 2 atom stereocenters. The van der Waals surface area contributed by atoms with Gasteiger partial charge < -0.3 is 30.0 Å². The molecule has 5 rings (SSSR count). The summed E-state index contributed by atoms with van der Waals surface area (Å²) in [7, 11) is 0. The van der Waals surface area contributed by atoms with Crippen LogP contribution in [0.5, 0.6) is 0 Å². The van der Waals surface area contributed by atoms with Gasteiger partial charge in [0.2, 0.25) is 0 Å². The van der Waals surface area contributed by atoms with Crippen molar-refractivity contribution in [3.05, 3.63) is 40.4 Å².